The Morgan fingerprint density at radius 1 is 0.906 bits per heavy atom. The maximum absolute atomic E-state index is 12.1. The van der Waals surface area contributed by atoms with E-state index in [9.17, 15) is 14.4 Å². The van der Waals surface area contributed by atoms with E-state index in [1.807, 2.05) is 53.4 Å². The standard InChI is InChI=1S/C23H42N2O5.C2H6/c1-6-22(27)25(18(4)5)12-14-30-16-15-29-13-11-21(26)24-20-9-7-19(8-10-20)23(28)17(2)3;1-2/h17-20H,6-16H2,1-5H3,(H,24,26);1-2H3. The van der Waals surface area contributed by atoms with E-state index in [2.05, 4.69) is 5.32 Å². The molecule has 0 aromatic carbocycles. The second kappa shape index (κ2) is 18.0. The SMILES string of the molecule is CC.CCC(=O)N(CCOCCOCCC(=O)NC1CCC(C(=O)C(C)C)CC1)C(C)C. The molecule has 0 aliphatic heterocycles. The van der Waals surface area contributed by atoms with Crippen molar-refractivity contribution in [2.45, 2.75) is 99.1 Å². The molecule has 188 valence electrons. The van der Waals surface area contributed by atoms with E-state index in [1.165, 1.54) is 0 Å². The number of rotatable bonds is 14. The number of nitrogens with one attached hydrogen (secondary N) is 1. The summed E-state index contributed by atoms with van der Waals surface area (Å²) in [6, 6.07) is 0.341. The smallest absolute Gasteiger partial charge is 0.222 e. The van der Waals surface area contributed by atoms with Crippen LogP contribution >= 0.6 is 0 Å². The van der Waals surface area contributed by atoms with Crippen molar-refractivity contribution in [3.63, 3.8) is 0 Å². The molecule has 7 nitrogen and oxygen atoms in total. The van der Waals surface area contributed by atoms with Gasteiger partial charge in [0, 0.05) is 43.3 Å². The molecule has 0 radical (unpaired) electrons. The van der Waals surface area contributed by atoms with Crippen molar-refractivity contribution in [1.29, 1.82) is 0 Å². The Morgan fingerprint density at radius 2 is 1.47 bits per heavy atom. The van der Waals surface area contributed by atoms with Crippen LogP contribution in [0, 0.1) is 11.8 Å². The summed E-state index contributed by atoms with van der Waals surface area (Å²) in [5, 5.41) is 3.06. The van der Waals surface area contributed by atoms with Gasteiger partial charge in [0.1, 0.15) is 5.78 Å². The molecule has 1 aliphatic carbocycles. The monoisotopic (exact) mass is 456 g/mol. The minimum absolute atomic E-state index is 0.000192. The van der Waals surface area contributed by atoms with Gasteiger partial charge in [-0.1, -0.05) is 34.6 Å². The number of carbonyl (C=O) groups excluding carboxylic acids is 3. The highest BCUT2D eigenvalue weighted by Crippen LogP contribution is 2.27. The maximum Gasteiger partial charge on any atom is 0.222 e. The fraction of sp³-hybridized carbons (Fsp3) is 0.880. The average molecular weight is 457 g/mol. The zero-order chi connectivity index (χ0) is 24.5. The molecule has 0 heterocycles. The zero-order valence-corrected chi connectivity index (χ0v) is 21.6. The van der Waals surface area contributed by atoms with E-state index in [4.69, 9.17) is 9.47 Å². The summed E-state index contributed by atoms with van der Waals surface area (Å²) in [5.41, 5.74) is 0. The van der Waals surface area contributed by atoms with Crippen LogP contribution in [0.4, 0.5) is 0 Å². The molecule has 0 aromatic rings. The second-order valence-electron chi connectivity index (χ2n) is 8.68. The summed E-state index contributed by atoms with van der Waals surface area (Å²) >= 11 is 0. The normalized spacial score (nSPS) is 18.2. The molecule has 1 N–H and O–H groups in total. The van der Waals surface area contributed by atoms with Gasteiger partial charge in [0.05, 0.1) is 26.4 Å². The first kappa shape index (κ1) is 30.5. The van der Waals surface area contributed by atoms with E-state index in [0.29, 0.717) is 51.6 Å². The number of ketones is 1. The molecule has 1 aliphatic rings. The quantitative estimate of drug-likeness (QED) is 0.400. The summed E-state index contributed by atoms with van der Waals surface area (Å²) in [6.45, 7) is 16.1. The van der Waals surface area contributed by atoms with Crippen molar-refractivity contribution < 1.29 is 23.9 Å². The molecular weight excluding hydrogens is 408 g/mol. The first-order valence-electron chi connectivity index (χ1n) is 12.5. The highest BCUT2D eigenvalue weighted by Gasteiger charge is 2.28. The Balaban J connectivity index is 0.00000466. The van der Waals surface area contributed by atoms with E-state index in [1.54, 1.807) is 0 Å². The van der Waals surface area contributed by atoms with Crippen LogP contribution in [-0.2, 0) is 23.9 Å². The Hall–Kier alpha value is -1.47. The van der Waals surface area contributed by atoms with Gasteiger partial charge in [-0.05, 0) is 39.5 Å². The molecule has 0 bridgehead atoms. The molecule has 7 heteroatoms. The van der Waals surface area contributed by atoms with Crippen LogP contribution < -0.4 is 5.32 Å². The van der Waals surface area contributed by atoms with E-state index < -0.39 is 0 Å². The molecule has 2 amide bonds. The Morgan fingerprint density at radius 3 is 1.97 bits per heavy atom. The molecule has 1 fully saturated rings. The minimum Gasteiger partial charge on any atom is -0.379 e. The maximum atomic E-state index is 12.1. The van der Waals surface area contributed by atoms with Crippen molar-refractivity contribution in [3.8, 4) is 0 Å². The Labute approximate surface area is 196 Å². The van der Waals surface area contributed by atoms with Crippen LogP contribution in [0.1, 0.15) is 87.0 Å². The van der Waals surface area contributed by atoms with Gasteiger partial charge in [-0.25, -0.2) is 0 Å². The van der Waals surface area contributed by atoms with Crippen LogP contribution in [0.15, 0.2) is 0 Å². The van der Waals surface area contributed by atoms with Crippen molar-refractivity contribution >= 4 is 17.6 Å². The van der Waals surface area contributed by atoms with Gasteiger partial charge in [0.2, 0.25) is 11.8 Å². The predicted molar refractivity (Wildman–Crippen MR) is 128 cm³/mol. The summed E-state index contributed by atoms with van der Waals surface area (Å²) in [7, 11) is 0. The molecular formula is C25H48N2O5. The molecule has 0 atom stereocenters. The topological polar surface area (TPSA) is 84.9 Å². The van der Waals surface area contributed by atoms with Crippen molar-refractivity contribution in [2.24, 2.45) is 11.8 Å². The van der Waals surface area contributed by atoms with Crippen molar-refractivity contribution in [3.05, 3.63) is 0 Å². The first-order valence-corrected chi connectivity index (χ1v) is 12.5. The van der Waals surface area contributed by atoms with Crippen LogP contribution in [0.3, 0.4) is 0 Å². The van der Waals surface area contributed by atoms with Crippen LogP contribution in [0.5, 0.6) is 0 Å². The lowest BCUT2D eigenvalue weighted by molar-refractivity contribution is -0.133. The Bertz CT molecular complexity index is 528. The van der Waals surface area contributed by atoms with Crippen molar-refractivity contribution in [1.82, 2.24) is 10.2 Å². The van der Waals surface area contributed by atoms with E-state index in [-0.39, 0.29) is 35.7 Å². The fourth-order valence-corrected chi connectivity index (χ4v) is 3.82. The summed E-state index contributed by atoms with van der Waals surface area (Å²) < 4.78 is 11.0. The molecule has 0 unspecified atom stereocenters. The van der Waals surface area contributed by atoms with Gasteiger partial charge in [-0.2, -0.15) is 0 Å². The van der Waals surface area contributed by atoms with Crippen LogP contribution in [0.2, 0.25) is 0 Å². The number of amides is 2. The molecule has 1 rings (SSSR count). The summed E-state index contributed by atoms with van der Waals surface area (Å²) in [6.07, 6.45) is 4.31. The third kappa shape index (κ3) is 12.5. The third-order valence-corrected chi connectivity index (χ3v) is 5.63. The molecule has 1 saturated carbocycles. The van der Waals surface area contributed by atoms with E-state index in [0.717, 1.165) is 25.7 Å². The lowest BCUT2D eigenvalue weighted by Gasteiger charge is -2.29. The fourth-order valence-electron chi connectivity index (χ4n) is 3.82. The summed E-state index contributed by atoms with van der Waals surface area (Å²) in [4.78, 5) is 37.8. The van der Waals surface area contributed by atoms with Crippen molar-refractivity contribution in [2.75, 3.05) is 33.0 Å². The van der Waals surface area contributed by atoms with Gasteiger partial charge < -0.3 is 19.7 Å². The first-order chi connectivity index (χ1) is 15.3. The average Bonchev–Trinajstić information content (AvgIpc) is 2.78. The molecule has 0 aromatic heterocycles. The number of Topliss-reactive ketones (excluding diaryl/α,β-unsaturated/α-hetero) is 1. The Kier molecular flexibility index (Phi) is 17.2. The second-order valence-corrected chi connectivity index (χ2v) is 8.68. The van der Waals surface area contributed by atoms with Crippen LogP contribution in [0.25, 0.3) is 0 Å². The van der Waals surface area contributed by atoms with Crippen LogP contribution in [-0.4, -0.2) is 67.6 Å². The van der Waals surface area contributed by atoms with Gasteiger partial charge in [-0.15, -0.1) is 0 Å². The lowest BCUT2D eigenvalue weighted by atomic mass is 9.80. The van der Waals surface area contributed by atoms with E-state index >= 15 is 0 Å². The highest BCUT2D eigenvalue weighted by molar-refractivity contribution is 5.83. The number of carbonyl (C=O) groups is 3. The number of hydrogen-bond donors (Lipinski definition) is 1. The van der Waals surface area contributed by atoms with Gasteiger partial charge in [0.25, 0.3) is 0 Å². The minimum atomic E-state index is 0.000192. The predicted octanol–water partition coefficient (Wildman–Crippen LogP) is 3.98. The van der Waals surface area contributed by atoms with Gasteiger partial charge in [0.15, 0.2) is 0 Å². The highest BCUT2D eigenvalue weighted by atomic mass is 16.5. The number of nitrogens with zero attached hydrogens (tertiary/aromatic N) is 1. The lowest BCUT2D eigenvalue weighted by Crippen LogP contribution is -2.39. The molecule has 0 spiro atoms. The molecule has 32 heavy (non-hydrogen) atoms. The number of ether oxygens (including phenoxy) is 2. The zero-order valence-electron chi connectivity index (χ0n) is 21.6. The summed E-state index contributed by atoms with van der Waals surface area (Å²) in [5.74, 6) is 0.741. The largest absolute Gasteiger partial charge is 0.379 e. The van der Waals surface area contributed by atoms with Gasteiger partial charge >= 0.3 is 0 Å². The molecule has 0 saturated heterocycles. The van der Waals surface area contributed by atoms with Gasteiger partial charge in [-0.3, -0.25) is 14.4 Å². The third-order valence-electron chi connectivity index (χ3n) is 5.63. The number of hydrogen-bond acceptors (Lipinski definition) is 5.